The second-order valence-electron chi connectivity index (χ2n) is 13.4. The second-order valence-corrected chi connectivity index (χ2v) is 13.8. The van der Waals surface area contributed by atoms with Crippen molar-refractivity contribution in [3.63, 3.8) is 0 Å². The van der Waals surface area contributed by atoms with Gasteiger partial charge in [0.2, 0.25) is 0 Å². The van der Waals surface area contributed by atoms with Crippen LogP contribution in [-0.4, -0.2) is 12.1 Å². The van der Waals surface area contributed by atoms with Gasteiger partial charge < -0.3 is 10.1 Å². The van der Waals surface area contributed by atoms with Gasteiger partial charge in [-0.2, -0.15) is 0 Å². The van der Waals surface area contributed by atoms with Gasteiger partial charge in [0, 0.05) is 10.3 Å². The Morgan fingerprint density at radius 3 is 1.98 bits per heavy atom. The number of allylic oxidation sites excluding steroid dienone is 9. The van der Waals surface area contributed by atoms with Gasteiger partial charge in [0.05, 0.1) is 17.9 Å². The number of nitrogens with one attached hydrogen (secondary N) is 1. The Morgan fingerprint density at radius 2 is 1.56 bits per heavy atom. The number of rotatable bonds is 9. The molecule has 2 nitrogen and oxygen atoms in total. The standard InChI is InChI=1S/C20H31NS.C14H28O.2C2H6/c1-7-18(11-14(2)3)16(5)9-8-10-21-19-13-15(4)12-17(6)20(19)22;1-11(2)15-12(14(6,7)8)9-10-13(3,4)5;2*1-2/h7-10,12,14,19,21-22H,11,13H2,1-6H3;9,11H,10H2,1-8H3;2*1-2H3/b10-8-,16-9+,18-7-;12-9-;;. The molecule has 0 aromatic carbocycles. The van der Waals surface area contributed by atoms with E-state index in [1.54, 1.807) is 0 Å². The van der Waals surface area contributed by atoms with Crippen LogP contribution in [0.2, 0.25) is 0 Å². The van der Waals surface area contributed by atoms with E-state index in [0.717, 1.165) is 29.9 Å². The fraction of sp³-hybridized carbons (Fsp3) is 0.684. The summed E-state index contributed by atoms with van der Waals surface area (Å²) in [7, 11) is 0. The van der Waals surface area contributed by atoms with Crippen molar-refractivity contribution in [2.24, 2.45) is 16.7 Å². The monoisotopic (exact) mass is 590 g/mol. The minimum Gasteiger partial charge on any atom is -0.495 e. The highest BCUT2D eigenvalue weighted by atomic mass is 32.1. The second kappa shape index (κ2) is 22.9. The largest absolute Gasteiger partial charge is 0.495 e. The van der Waals surface area contributed by atoms with E-state index in [4.69, 9.17) is 4.74 Å². The predicted molar refractivity (Wildman–Crippen MR) is 194 cm³/mol. The zero-order chi connectivity index (χ0) is 33.0. The molecule has 0 radical (unpaired) electrons. The summed E-state index contributed by atoms with van der Waals surface area (Å²) in [5.41, 5.74) is 5.87. The average molecular weight is 590 g/mol. The number of thiol groups is 1. The highest BCUT2D eigenvalue weighted by Crippen LogP contribution is 2.30. The van der Waals surface area contributed by atoms with Gasteiger partial charge >= 0.3 is 0 Å². The van der Waals surface area contributed by atoms with Crippen molar-refractivity contribution in [1.82, 2.24) is 5.32 Å². The van der Waals surface area contributed by atoms with Crippen LogP contribution < -0.4 is 5.32 Å². The lowest BCUT2D eigenvalue weighted by molar-refractivity contribution is 0.0987. The van der Waals surface area contributed by atoms with E-state index in [-0.39, 0.29) is 11.5 Å². The summed E-state index contributed by atoms with van der Waals surface area (Å²) in [5.74, 6) is 1.81. The Balaban J connectivity index is -0.000000664. The minimum atomic E-state index is 0.107. The summed E-state index contributed by atoms with van der Waals surface area (Å²) in [6.45, 7) is 38.6. The third-order valence-electron chi connectivity index (χ3n) is 5.95. The number of hydrogen-bond donors (Lipinski definition) is 2. The van der Waals surface area contributed by atoms with Gasteiger partial charge in [0.25, 0.3) is 0 Å². The van der Waals surface area contributed by atoms with Gasteiger partial charge in [0.1, 0.15) is 0 Å². The molecule has 0 fully saturated rings. The van der Waals surface area contributed by atoms with Gasteiger partial charge in [-0.25, -0.2) is 0 Å². The Kier molecular flexibility index (Phi) is 24.5. The maximum Gasteiger partial charge on any atom is 0.0977 e. The summed E-state index contributed by atoms with van der Waals surface area (Å²) in [5, 5.41) is 3.47. The molecular formula is C38H71NOS. The first kappa shape index (κ1) is 43.8. The molecule has 3 heteroatoms. The van der Waals surface area contributed by atoms with Gasteiger partial charge in [-0.05, 0) is 107 Å². The Hall–Kier alpha value is -1.61. The van der Waals surface area contributed by atoms with Crippen LogP contribution in [0.4, 0.5) is 0 Å². The molecule has 0 spiro atoms. The summed E-state index contributed by atoms with van der Waals surface area (Å²) in [6.07, 6.45) is 16.5. The van der Waals surface area contributed by atoms with Crippen LogP contribution in [0.15, 0.2) is 69.5 Å². The number of ether oxygens (including phenoxy) is 1. The molecule has 1 unspecified atom stereocenters. The molecule has 0 heterocycles. The molecule has 0 amide bonds. The molecule has 1 rings (SSSR count). The SMILES string of the molecule is CC.CC.CC(C)O/C(=C\CC(C)(C)C)C(C)(C)C.C\C=C(CC(C)C)/C(C)=C/C=C\NC1CC(C)=CC(C)=C1S. The van der Waals surface area contributed by atoms with Crippen molar-refractivity contribution < 1.29 is 4.74 Å². The van der Waals surface area contributed by atoms with E-state index < -0.39 is 0 Å². The maximum absolute atomic E-state index is 5.87. The Morgan fingerprint density at radius 1 is 1.02 bits per heavy atom. The highest BCUT2D eigenvalue weighted by molar-refractivity contribution is 7.84. The van der Waals surface area contributed by atoms with Crippen molar-refractivity contribution in [1.29, 1.82) is 0 Å². The first-order chi connectivity index (χ1) is 18.9. The molecular weight excluding hydrogens is 518 g/mol. The van der Waals surface area contributed by atoms with Crippen molar-refractivity contribution in [3.8, 4) is 0 Å². The van der Waals surface area contributed by atoms with Crippen molar-refractivity contribution in [3.05, 3.63) is 69.5 Å². The molecule has 0 saturated heterocycles. The van der Waals surface area contributed by atoms with Crippen LogP contribution in [0, 0.1) is 16.7 Å². The summed E-state index contributed by atoms with van der Waals surface area (Å²) in [4.78, 5) is 1.14. The molecule has 0 saturated carbocycles. The Labute approximate surface area is 264 Å². The molecule has 1 N–H and O–H groups in total. The summed E-state index contributed by atoms with van der Waals surface area (Å²) >= 11 is 4.63. The summed E-state index contributed by atoms with van der Waals surface area (Å²) in [6, 6.07) is 0.301. The van der Waals surface area contributed by atoms with Crippen molar-refractivity contribution in [2.45, 2.75) is 156 Å². The van der Waals surface area contributed by atoms with Crippen LogP contribution in [0.25, 0.3) is 0 Å². The highest BCUT2D eigenvalue weighted by Gasteiger charge is 2.21. The molecule has 0 aliphatic heterocycles. The zero-order valence-corrected chi connectivity index (χ0v) is 31.6. The quantitative estimate of drug-likeness (QED) is 0.158. The molecule has 240 valence electrons. The van der Waals surface area contributed by atoms with Crippen LogP contribution in [0.1, 0.15) is 144 Å². The molecule has 0 bridgehead atoms. The zero-order valence-electron chi connectivity index (χ0n) is 30.7. The van der Waals surface area contributed by atoms with Gasteiger partial charge in [-0.3, -0.25) is 0 Å². The Bertz CT molecular complexity index is 880. The molecule has 1 aliphatic rings. The number of hydrogen-bond acceptors (Lipinski definition) is 3. The smallest absolute Gasteiger partial charge is 0.0977 e. The lowest BCUT2D eigenvalue weighted by Gasteiger charge is -2.27. The van der Waals surface area contributed by atoms with Crippen molar-refractivity contribution >= 4 is 12.6 Å². The van der Waals surface area contributed by atoms with E-state index in [1.165, 1.54) is 22.3 Å². The first-order valence-corrected chi connectivity index (χ1v) is 16.5. The third kappa shape index (κ3) is 22.6. The summed E-state index contributed by atoms with van der Waals surface area (Å²) < 4.78 is 5.87. The van der Waals surface area contributed by atoms with Crippen LogP contribution in [0.3, 0.4) is 0 Å². The van der Waals surface area contributed by atoms with E-state index in [0.29, 0.717) is 17.4 Å². The van der Waals surface area contributed by atoms with E-state index >= 15 is 0 Å². The molecule has 0 aromatic rings. The molecule has 1 aliphatic carbocycles. The van der Waals surface area contributed by atoms with Crippen LogP contribution in [0.5, 0.6) is 0 Å². The van der Waals surface area contributed by atoms with Crippen molar-refractivity contribution in [2.75, 3.05) is 0 Å². The topological polar surface area (TPSA) is 21.3 Å². The average Bonchev–Trinajstić information content (AvgIpc) is 2.86. The van der Waals surface area contributed by atoms with E-state index in [9.17, 15) is 0 Å². The predicted octanol–water partition coefficient (Wildman–Crippen LogP) is 12.8. The van der Waals surface area contributed by atoms with Gasteiger partial charge in [-0.15, -0.1) is 12.6 Å². The van der Waals surface area contributed by atoms with Crippen LogP contribution in [-0.2, 0) is 4.74 Å². The van der Waals surface area contributed by atoms with Crippen LogP contribution >= 0.6 is 12.6 Å². The molecule has 41 heavy (non-hydrogen) atoms. The van der Waals surface area contributed by atoms with E-state index in [1.807, 2.05) is 33.9 Å². The minimum absolute atomic E-state index is 0.107. The van der Waals surface area contributed by atoms with E-state index in [2.05, 4.69) is 145 Å². The molecule has 1 atom stereocenters. The lowest BCUT2D eigenvalue weighted by Crippen LogP contribution is -2.27. The third-order valence-corrected chi connectivity index (χ3v) is 6.61. The normalized spacial score (nSPS) is 16.9. The van der Waals surface area contributed by atoms with Gasteiger partial charge in [0.15, 0.2) is 0 Å². The lowest BCUT2D eigenvalue weighted by atomic mass is 9.87. The maximum atomic E-state index is 5.87. The molecule has 0 aromatic heterocycles. The van der Waals surface area contributed by atoms with Gasteiger partial charge in [-0.1, -0.05) is 107 Å². The fourth-order valence-electron chi connectivity index (χ4n) is 3.94. The fourth-order valence-corrected chi connectivity index (χ4v) is 4.17. The first-order valence-electron chi connectivity index (χ1n) is 16.1.